The smallest absolute Gasteiger partial charge is 0.262 e. The van der Waals surface area contributed by atoms with Crippen molar-refractivity contribution in [2.45, 2.75) is 24.9 Å². The molecule has 0 radical (unpaired) electrons. The number of nitrogens with zero attached hydrogens (tertiary/aromatic N) is 1. The van der Waals surface area contributed by atoms with Crippen LogP contribution in [0.15, 0.2) is 29.6 Å². The number of hydrogen-bond donors (Lipinski definition) is 1. The van der Waals surface area contributed by atoms with E-state index in [1.807, 2.05) is 29.6 Å². The zero-order chi connectivity index (χ0) is 15.0. The average molecular weight is 347 g/mol. The Morgan fingerprint density at radius 2 is 2.18 bits per heavy atom. The van der Waals surface area contributed by atoms with Gasteiger partial charge in [-0.25, -0.2) is 8.78 Å². The lowest BCUT2D eigenvalue weighted by atomic mass is 10.1. The van der Waals surface area contributed by atoms with E-state index in [0.717, 1.165) is 10.9 Å². The van der Waals surface area contributed by atoms with Crippen LogP contribution in [0.3, 0.4) is 0 Å². The predicted octanol–water partition coefficient (Wildman–Crippen LogP) is 3.28. The highest BCUT2D eigenvalue weighted by atomic mass is 35.5. The number of alkyl halides is 2. The Bertz CT molecular complexity index is 676. The largest absolute Gasteiger partial charge is 0.340 e. The summed E-state index contributed by atoms with van der Waals surface area (Å²) in [6.07, 6.45) is -0.416. The van der Waals surface area contributed by atoms with Gasteiger partial charge in [-0.15, -0.1) is 23.7 Å². The maximum atomic E-state index is 13.2. The van der Waals surface area contributed by atoms with Crippen LogP contribution in [0.4, 0.5) is 8.78 Å². The van der Waals surface area contributed by atoms with Crippen molar-refractivity contribution in [3.8, 4) is 0 Å². The third-order valence-electron chi connectivity index (χ3n) is 3.75. The van der Waals surface area contributed by atoms with Gasteiger partial charge < -0.3 is 4.90 Å². The Balaban J connectivity index is 0.00000176. The first-order valence-electron chi connectivity index (χ1n) is 6.77. The Morgan fingerprint density at radius 1 is 1.45 bits per heavy atom. The summed E-state index contributed by atoms with van der Waals surface area (Å²) in [5.41, 5.74) is 1.05. The first-order valence-corrected chi connectivity index (χ1v) is 7.65. The maximum Gasteiger partial charge on any atom is 0.262 e. The van der Waals surface area contributed by atoms with Crippen molar-refractivity contribution in [2.75, 3.05) is 13.6 Å². The molecule has 0 bridgehead atoms. The highest BCUT2D eigenvalue weighted by molar-refractivity contribution is 7.17. The third kappa shape index (κ3) is 3.39. The molecular formula is C15H17ClF2N2OS. The summed E-state index contributed by atoms with van der Waals surface area (Å²) in [6.45, 7) is 0.0191. The molecule has 1 aliphatic rings. The molecule has 1 N–H and O–H groups in total. The molecular weight excluding hydrogens is 330 g/mol. The van der Waals surface area contributed by atoms with Crippen molar-refractivity contribution in [3.05, 3.63) is 35.2 Å². The minimum absolute atomic E-state index is 0. The van der Waals surface area contributed by atoms with Gasteiger partial charge in [-0.2, -0.15) is 0 Å². The third-order valence-corrected chi connectivity index (χ3v) is 4.77. The van der Waals surface area contributed by atoms with E-state index >= 15 is 0 Å². The first-order chi connectivity index (χ1) is 9.96. The summed E-state index contributed by atoms with van der Waals surface area (Å²) in [5.74, 6) is -3.06. The molecule has 7 heteroatoms. The number of nitrogens with one attached hydrogen (secondary N) is 1. The average Bonchev–Trinajstić information content (AvgIpc) is 3.02. The van der Waals surface area contributed by atoms with Crippen molar-refractivity contribution < 1.29 is 13.6 Å². The SMILES string of the molecule is CN(Cc1csc2ccccc12)C(=O)C1CC(F)(F)CN1.Cl. The lowest BCUT2D eigenvalue weighted by Gasteiger charge is -2.21. The van der Waals surface area contributed by atoms with E-state index in [1.165, 1.54) is 9.60 Å². The minimum Gasteiger partial charge on any atom is -0.340 e. The molecule has 0 aliphatic carbocycles. The topological polar surface area (TPSA) is 32.3 Å². The first kappa shape index (κ1) is 17.1. The summed E-state index contributed by atoms with van der Waals surface area (Å²) >= 11 is 1.63. The highest BCUT2D eigenvalue weighted by Gasteiger charge is 2.43. The van der Waals surface area contributed by atoms with E-state index in [9.17, 15) is 13.6 Å². The zero-order valence-corrected chi connectivity index (χ0v) is 13.6. The number of thiophene rings is 1. The number of likely N-dealkylation sites (N-methyl/N-ethyl adjacent to an activating group) is 1. The van der Waals surface area contributed by atoms with Crippen molar-refractivity contribution in [1.82, 2.24) is 10.2 Å². The van der Waals surface area contributed by atoms with E-state index in [0.29, 0.717) is 6.54 Å². The second-order valence-corrected chi connectivity index (χ2v) is 6.36. The number of benzene rings is 1. The normalized spacial score (nSPS) is 19.9. The van der Waals surface area contributed by atoms with Crippen LogP contribution in [-0.4, -0.2) is 36.4 Å². The number of carbonyl (C=O) groups excluding carboxylic acids is 1. The Hall–Kier alpha value is -1.24. The van der Waals surface area contributed by atoms with Gasteiger partial charge in [0.2, 0.25) is 5.91 Å². The van der Waals surface area contributed by atoms with Crippen LogP contribution in [0.2, 0.25) is 0 Å². The second-order valence-electron chi connectivity index (χ2n) is 5.44. The Labute approximate surface area is 137 Å². The van der Waals surface area contributed by atoms with E-state index in [4.69, 9.17) is 0 Å². The quantitative estimate of drug-likeness (QED) is 0.925. The van der Waals surface area contributed by atoms with Gasteiger partial charge in [-0.05, 0) is 22.4 Å². The number of fused-ring (bicyclic) bond motifs is 1. The van der Waals surface area contributed by atoms with Crippen molar-refractivity contribution in [3.63, 3.8) is 0 Å². The molecule has 1 aliphatic heterocycles. The molecule has 0 saturated carbocycles. The molecule has 1 amide bonds. The number of amides is 1. The van der Waals surface area contributed by atoms with Crippen LogP contribution in [0.1, 0.15) is 12.0 Å². The fraction of sp³-hybridized carbons (Fsp3) is 0.400. The standard InChI is InChI=1S/C15H16F2N2OS.ClH/c1-19(14(20)12-6-15(16,17)9-18-12)7-10-8-21-13-5-3-2-4-11(10)13;/h2-5,8,12,18H,6-7,9H2,1H3;1H. The predicted molar refractivity (Wildman–Crippen MR) is 86.9 cm³/mol. The molecule has 1 fully saturated rings. The van der Waals surface area contributed by atoms with Crippen LogP contribution in [-0.2, 0) is 11.3 Å². The van der Waals surface area contributed by atoms with Gasteiger partial charge in [0.15, 0.2) is 0 Å². The lowest BCUT2D eigenvalue weighted by molar-refractivity contribution is -0.132. The van der Waals surface area contributed by atoms with Gasteiger partial charge in [0.05, 0.1) is 12.6 Å². The van der Waals surface area contributed by atoms with Crippen molar-refractivity contribution >= 4 is 39.7 Å². The molecule has 0 spiro atoms. The fourth-order valence-electron chi connectivity index (χ4n) is 2.64. The molecule has 120 valence electrons. The van der Waals surface area contributed by atoms with Crippen molar-refractivity contribution in [1.29, 1.82) is 0 Å². The maximum absolute atomic E-state index is 13.2. The van der Waals surface area contributed by atoms with E-state index in [1.54, 1.807) is 18.4 Å². The summed E-state index contributed by atoms with van der Waals surface area (Å²) in [5, 5.41) is 5.74. The monoisotopic (exact) mass is 346 g/mol. The van der Waals surface area contributed by atoms with Gasteiger partial charge in [0.25, 0.3) is 5.92 Å². The van der Waals surface area contributed by atoms with Gasteiger partial charge in [-0.3, -0.25) is 10.1 Å². The minimum atomic E-state index is -2.78. The molecule has 2 heterocycles. The second kappa shape index (κ2) is 6.48. The van der Waals surface area contributed by atoms with Crippen LogP contribution < -0.4 is 5.32 Å². The van der Waals surface area contributed by atoms with E-state index in [2.05, 4.69) is 5.32 Å². The van der Waals surface area contributed by atoms with E-state index in [-0.39, 0.29) is 18.3 Å². The number of rotatable bonds is 3. The summed E-state index contributed by atoms with van der Waals surface area (Å²) in [4.78, 5) is 13.8. The van der Waals surface area contributed by atoms with E-state index < -0.39 is 24.9 Å². The molecule has 3 rings (SSSR count). The molecule has 3 nitrogen and oxygen atoms in total. The molecule has 1 aromatic heterocycles. The van der Waals surface area contributed by atoms with Crippen LogP contribution in [0.5, 0.6) is 0 Å². The highest BCUT2D eigenvalue weighted by Crippen LogP contribution is 2.28. The number of hydrogen-bond acceptors (Lipinski definition) is 3. The van der Waals surface area contributed by atoms with Gasteiger partial charge >= 0.3 is 0 Å². The molecule has 1 saturated heterocycles. The van der Waals surface area contributed by atoms with Crippen LogP contribution >= 0.6 is 23.7 Å². The van der Waals surface area contributed by atoms with Gasteiger partial charge in [0, 0.05) is 24.7 Å². The summed E-state index contributed by atoms with van der Waals surface area (Å²) in [6, 6.07) is 7.20. The van der Waals surface area contributed by atoms with Gasteiger partial charge in [-0.1, -0.05) is 18.2 Å². The molecule has 1 aromatic carbocycles. The summed E-state index contributed by atoms with van der Waals surface area (Å²) in [7, 11) is 1.66. The lowest BCUT2D eigenvalue weighted by Crippen LogP contribution is -2.41. The summed E-state index contributed by atoms with van der Waals surface area (Å²) < 4.78 is 27.5. The fourth-order valence-corrected chi connectivity index (χ4v) is 3.60. The van der Waals surface area contributed by atoms with Gasteiger partial charge in [0.1, 0.15) is 0 Å². The van der Waals surface area contributed by atoms with Crippen molar-refractivity contribution in [2.24, 2.45) is 0 Å². The number of halogens is 3. The molecule has 22 heavy (non-hydrogen) atoms. The molecule has 1 atom stereocenters. The Morgan fingerprint density at radius 3 is 2.86 bits per heavy atom. The zero-order valence-electron chi connectivity index (χ0n) is 12.0. The Kier molecular flexibility index (Phi) is 5.04. The van der Waals surface area contributed by atoms with Crippen LogP contribution in [0, 0.1) is 0 Å². The molecule has 2 aromatic rings. The van der Waals surface area contributed by atoms with Crippen LogP contribution in [0.25, 0.3) is 10.1 Å². The number of carbonyl (C=O) groups is 1. The molecule has 1 unspecified atom stereocenters.